The van der Waals surface area contributed by atoms with Crippen LogP contribution in [0.3, 0.4) is 0 Å². The SMILES string of the molecule is CC(C(=O)Oc1ccc(CO)cc1)c1ccc(-c2ccccc2)c(F)c1. The van der Waals surface area contributed by atoms with Gasteiger partial charge in [-0.1, -0.05) is 54.6 Å². The number of hydrogen-bond acceptors (Lipinski definition) is 3. The number of ether oxygens (including phenoxy) is 1. The Morgan fingerprint density at radius 1 is 1.04 bits per heavy atom. The van der Waals surface area contributed by atoms with Crippen LogP contribution in [0.5, 0.6) is 5.75 Å². The number of esters is 1. The van der Waals surface area contributed by atoms with E-state index in [0.717, 1.165) is 11.1 Å². The summed E-state index contributed by atoms with van der Waals surface area (Å²) in [4.78, 5) is 12.3. The van der Waals surface area contributed by atoms with E-state index in [2.05, 4.69) is 0 Å². The molecule has 3 aromatic carbocycles. The molecule has 0 radical (unpaired) electrons. The summed E-state index contributed by atoms with van der Waals surface area (Å²) in [7, 11) is 0. The monoisotopic (exact) mass is 350 g/mol. The third kappa shape index (κ3) is 3.98. The Labute approximate surface area is 151 Å². The van der Waals surface area contributed by atoms with Gasteiger partial charge < -0.3 is 9.84 Å². The maximum atomic E-state index is 14.5. The predicted molar refractivity (Wildman–Crippen MR) is 98.3 cm³/mol. The molecule has 0 aromatic heterocycles. The molecule has 3 aromatic rings. The maximum Gasteiger partial charge on any atom is 0.318 e. The van der Waals surface area contributed by atoms with Crippen molar-refractivity contribution in [3.8, 4) is 16.9 Å². The summed E-state index contributed by atoms with van der Waals surface area (Å²) in [6.45, 7) is 1.61. The lowest BCUT2D eigenvalue weighted by Gasteiger charge is -2.13. The summed E-state index contributed by atoms with van der Waals surface area (Å²) in [5, 5.41) is 9.03. The zero-order valence-electron chi connectivity index (χ0n) is 14.4. The van der Waals surface area contributed by atoms with E-state index in [-0.39, 0.29) is 12.4 Å². The third-order valence-corrected chi connectivity index (χ3v) is 4.26. The first-order valence-electron chi connectivity index (χ1n) is 8.35. The van der Waals surface area contributed by atoms with Gasteiger partial charge in [-0.2, -0.15) is 0 Å². The summed E-state index contributed by atoms with van der Waals surface area (Å²) in [5.41, 5.74) is 2.57. The van der Waals surface area contributed by atoms with E-state index in [1.54, 1.807) is 43.3 Å². The maximum absolute atomic E-state index is 14.5. The van der Waals surface area contributed by atoms with E-state index in [1.165, 1.54) is 6.07 Å². The number of carbonyl (C=O) groups excluding carboxylic acids is 1. The molecular weight excluding hydrogens is 331 g/mol. The van der Waals surface area contributed by atoms with Crippen LogP contribution in [0.25, 0.3) is 11.1 Å². The van der Waals surface area contributed by atoms with Crippen molar-refractivity contribution in [2.75, 3.05) is 0 Å². The molecule has 1 atom stereocenters. The van der Waals surface area contributed by atoms with Gasteiger partial charge in [0, 0.05) is 5.56 Å². The molecule has 1 unspecified atom stereocenters. The second kappa shape index (κ2) is 7.93. The molecule has 3 nitrogen and oxygen atoms in total. The average Bonchev–Trinajstić information content (AvgIpc) is 2.68. The van der Waals surface area contributed by atoms with Gasteiger partial charge in [0.05, 0.1) is 12.5 Å². The fraction of sp³-hybridized carbons (Fsp3) is 0.136. The van der Waals surface area contributed by atoms with Crippen LogP contribution in [0.2, 0.25) is 0 Å². The lowest BCUT2D eigenvalue weighted by molar-refractivity contribution is -0.135. The molecule has 0 aliphatic heterocycles. The first-order chi connectivity index (χ1) is 12.6. The molecule has 132 valence electrons. The first kappa shape index (κ1) is 17.8. The van der Waals surface area contributed by atoms with Gasteiger partial charge in [0.25, 0.3) is 0 Å². The molecule has 1 N–H and O–H groups in total. The minimum atomic E-state index is -0.605. The number of aliphatic hydroxyl groups excluding tert-OH is 1. The van der Waals surface area contributed by atoms with Crippen molar-refractivity contribution in [3.63, 3.8) is 0 Å². The highest BCUT2D eigenvalue weighted by molar-refractivity contribution is 5.80. The van der Waals surface area contributed by atoms with Gasteiger partial charge in [0.15, 0.2) is 0 Å². The minimum absolute atomic E-state index is 0.0718. The number of aliphatic hydroxyl groups is 1. The van der Waals surface area contributed by atoms with Crippen molar-refractivity contribution in [3.05, 3.63) is 89.7 Å². The van der Waals surface area contributed by atoms with Gasteiger partial charge in [-0.25, -0.2) is 4.39 Å². The van der Waals surface area contributed by atoms with Crippen molar-refractivity contribution in [1.29, 1.82) is 0 Å². The summed E-state index contributed by atoms with van der Waals surface area (Å²) in [5.74, 6) is -1.05. The molecule has 0 spiro atoms. The molecular formula is C22H19FO3. The molecule has 0 heterocycles. The van der Waals surface area contributed by atoms with Crippen molar-refractivity contribution in [1.82, 2.24) is 0 Å². The number of hydrogen-bond donors (Lipinski definition) is 1. The van der Waals surface area contributed by atoms with Gasteiger partial charge in [-0.3, -0.25) is 4.79 Å². The topological polar surface area (TPSA) is 46.5 Å². The molecule has 0 amide bonds. The Balaban J connectivity index is 1.75. The van der Waals surface area contributed by atoms with Crippen LogP contribution in [0.4, 0.5) is 4.39 Å². The van der Waals surface area contributed by atoms with Gasteiger partial charge in [-0.05, 0) is 41.8 Å². The molecule has 0 aliphatic carbocycles. The highest BCUT2D eigenvalue weighted by Gasteiger charge is 2.19. The Hall–Kier alpha value is -2.98. The van der Waals surface area contributed by atoms with Crippen LogP contribution in [-0.2, 0) is 11.4 Å². The zero-order valence-corrected chi connectivity index (χ0v) is 14.4. The van der Waals surface area contributed by atoms with Crippen molar-refractivity contribution in [2.24, 2.45) is 0 Å². The quantitative estimate of drug-likeness (QED) is 0.536. The van der Waals surface area contributed by atoms with E-state index in [1.807, 2.05) is 30.3 Å². The molecule has 26 heavy (non-hydrogen) atoms. The summed E-state index contributed by atoms with van der Waals surface area (Å²) in [6.07, 6.45) is 0. The zero-order chi connectivity index (χ0) is 18.5. The van der Waals surface area contributed by atoms with E-state index in [4.69, 9.17) is 9.84 Å². The van der Waals surface area contributed by atoms with Gasteiger partial charge in [0.2, 0.25) is 0 Å². The molecule has 4 heteroatoms. The largest absolute Gasteiger partial charge is 0.426 e. The van der Waals surface area contributed by atoms with Crippen LogP contribution < -0.4 is 4.74 Å². The van der Waals surface area contributed by atoms with Crippen LogP contribution in [0, 0.1) is 5.82 Å². The van der Waals surface area contributed by atoms with Crippen LogP contribution in [-0.4, -0.2) is 11.1 Å². The number of benzene rings is 3. The van der Waals surface area contributed by atoms with Gasteiger partial charge in [0.1, 0.15) is 11.6 Å². The lowest BCUT2D eigenvalue weighted by Crippen LogP contribution is -2.16. The third-order valence-electron chi connectivity index (χ3n) is 4.26. The smallest absolute Gasteiger partial charge is 0.318 e. The normalized spacial score (nSPS) is 11.8. The fourth-order valence-electron chi connectivity index (χ4n) is 2.66. The Bertz CT molecular complexity index is 889. The minimum Gasteiger partial charge on any atom is -0.426 e. The lowest BCUT2D eigenvalue weighted by atomic mass is 9.97. The van der Waals surface area contributed by atoms with Crippen molar-refractivity contribution < 1.29 is 19.0 Å². The van der Waals surface area contributed by atoms with Gasteiger partial charge >= 0.3 is 5.97 Å². The number of halogens is 1. The van der Waals surface area contributed by atoms with E-state index < -0.39 is 11.9 Å². The van der Waals surface area contributed by atoms with Crippen LogP contribution >= 0.6 is 0 Å². The number of carbonyl (C=O) groups is 1. The molecule has 0 aliphatic rings. The average molecular weight is 350 g/mol. The summed E-state index contributed by atoms with van der Waals surface area (Å²) in [6, 6.07) is 20.7. The standard InChI is InChI=1S/C22H19FO3/c1-15(22(25)26-19-10-7-16(14-24)8-11-19)18-9-12-20(21(23)13-18)17-5-3-2-4-6-17/h2-13,15,24H,14H2,1H3. The molecule has 0 bridgehead atoms. The Morgan fingerprint density at radius 2 is 1.73 bits per heavy atom. The van der Waals surface area contributed by atoms with E-state index >= 15 is 0 Å². The predicted octanol–water partition coefficient (Wildman–Crippen LogP) is 4.69. The van der Waals surface area contributed by atoms with E-state index in [0.29, 0.717) is 16.9 Å². The molecule has 0 saturated carbocycles. The fourth-order valence-corrected chi connectivity index (χ4v) is 2.66. The van der Waals surface area contributed by atoms with Gasteiger partial charge in [-0.15, -0.1) is 0 Å². The van der Waals surface area contributed by atoms with E-state index in [9.17, 15) is 9.18 Å². The second-order valence-corrected chi connectivity index (χ2v) is 6.05. The molecule has 3 rings (SSSR count). The van der Waals surface area contributed by atoms with Crippen LogP contribution in [0.15, 0.2) is 72.8 Å². The molecule has 0 saturated heterocycles. The van der Waals surface area contributed by atoms with Crippen LogP contribution in [0.1, 0.15) is 24.0 Å². The first-order valence-corrected chi connectivity index (χ1v) is 8.35. The Kier molecular flexibility index (Phi) is 5.44. The summed E-state index contributed by atoms with van der Waals surface area (Å²) >= 11 is 0. The van der Waals surface area contributed by atoms with Crippen molar-refractivity contribution in [2.45, 2.75) is 19.4 Å². The highest BCUT2D eigenvalue weighted by Crippen LogP contribution is 2.27. The highest BCUT2D eigenvalue weighted by atomic mass is 19.1. The Morgan fingerprint density at radius 3 is 2.35 bits per heavy atom. The van der Waals surface area contributed by atoms with Crippen molar-refractivity contribution >= 4 is 5.97 Å². The summed E-state index contributed by atoms with van der Waals surface area (Å²) < 4.78 is 19.8. The second-order valence-electron chi connectivity index (χ2n) is 6.05. The molecule has 0 fully saturated rings. The number of rotatable bonds is 5.